The first-order valence-corrected chi connectivity index (χ1v) is 5.19. The molecule has 5 nitrogen and oxygen atoms in total. The Hall–Kier alpha value is -1.43. The molecule has 1 aromatic rings. The predicted octanol–water partition coefficient (Wildman–Crippen LogP) is 1.50. The molecule has 1 rings (SSSR count). The molecule has 0 spiro atoms. The summed E-state index contributed by atoms with van der Waals surface area (Å²) in [6.07, 6.45) is 0. The van der Waals surface area contributed by atoms with Crippen molar-refractivity contribution in [2.75, 3.05) is 5.32 Å². The molecule has 0 saturated heterocycles. The van der Waals surface area contributed by atoms with E-state index in [1.807, 2.05) is 0 Å². The lowest BCUT2D eigenvalue weighted by atomic mass is 9.93. The van der Waals surface area contributed by atoms with Crippen LogP contribution < -0.4 is 5.32 Å². The van der Waals surface area contributed by atoms with E-state index >= 15 is 0 Å². The SMILES string of the molecule is Cc1csc(NC(=O)C(C)(C)C(=O)O)n1. The van der Waals surface area contributed by atoms with Crippen LogP contribution in [0.25, 0.3) is 0 Å². The Morgan fingerprint density at radius 1 is 1.53 bits per heavy atom. The number of nitrogens with one attached hydrogen (secondary N) is 1. The van der Waals surface area contributed by atoms with Crippen molar-refractivity contribution >= 4 is 28.3 Å². The van der Waals surface area contributed by atoms with Crippen LogP contribution in [0.5, 0.6) is 0 Å². The van der Waals surface area contributed by atoms with Gasteiger partial charge in [0.05, 0.1) is 5.69 Å². The maximum atomic E-state index is 11.6. The number of aryl methyl sites for hydroxylation is 1. The van der Waals surface area contributed by atoms with Gasteiger partial charge in [0.15, 0.2) is 5.13 Å². The molecule has 0 radical (unpaired) electrons. The van der Waals surface area contributed by atoms with Crippen molar-refractivity contribution in [1.29, 1.82) is 0 Å². The molecule has 0 bridgehead atoms. The fourth-order valence-corrected chi connectivity index (χ4v) is 1.45. The number of aromatic nitrogens is 1. The third kappa shape index (κ3) is 2.53. The maximum Gasteiger partial charge on any atom is 0.318 e. The summed E-state index contributed by atoms with van der Waals surface area (Å²) in [5.74, 6) is -1.72. The van der Waals surface area contributed by atoms with Gasteiger partial charge in [0.1, 0.15) is 5.41 Å². The number of carbonyl (C=O) groups is 2. The van der Waals surface area contributed by atoms with E-state index in [0.717, 1.165) is 5.69 Å². The highest BCUT2D eigenvalue weighted by atomic mass is 32.1. The molecular weight excluding hydrogens is 216 g/mol. The van der Waals surface area contributed by atoms with Crippen LogP contribution in [0.2, 0.25) is 0 Å². The summed E-state index contributed by atoms with van der Waals surface area (Å²) >= 11 is 1.27. The van der Waals surface area contributed by atoms with E-state index in [1.54, 1.807) is 12.3 Å². The zero-order valence-electron chi connectivity index (χ0n) is 8.70. The number of hydrogen-bond donors (Lipinski definition) is 2. The molecule has 1 aromatic heterocycles. The van der Waals surface area contributed by atoms with Gasteiger partial charge in [-0.25, -0.2) is 4.98 Å². The fourth-order valence-electron chi connectivity index (χ4n) is 0.762. The lowest BCUT2D eigenvalue weighted by molar-refractivity contribution is -0.151. The number of aliphatic carboxylic acids is 1. The molecule has 0 unspecified atom stereocenters. The molecule has 0 aromatic carbocycles. The van der Waals surface area contributed by atoms with Gasteiger partial charge < -0.3 is 10.4 Å². The molecule has 1 amide bonds. The maximum absolute atomic E-state index is 11.6. The van der Waals surface area contributed by atoms with Crippen LogP contribution in [0.1, 0.15) is 19.5 Å². The number of amides is 1. The van der Waals surface area contributed by atoms with E-state index in [1.165, 1.54) is 25.2 Å². The van der Waals surface area contributed by atoms with Crippen molar-refractivity contribution < 1.29 is 14.7 Å². The molecular formula is C9H12N2O3S. The number of anilines is 1. The summed E-state index contributed by atoms with van der Waals surface area (Å²) in [7, 11) is 0. The Balaban J connectivity index is 2.76. The van der Waals surface area contributed by atoms with Gasteiger partial charge in [-0.15, -0.1) is 11.3 Å². The first-order valence-electron chi connectivity index (χ1n) is 4.31. The number of carbonyl (C=O) groups excluding carboxylic acids is 1. The third-order valence-corrected chi connectivity index (χ3v) is 2.82. The second-order valence-corrected chi connectivity index (χ2v) is 4.54. The van der Waals surface area contributed by atoms with Gasteiger partial charge in [0, 0.05) is 5.38 Å². The van der Waals surface area contributed by atoms with Gasteiger partial charge in [-0.2, -0.15) is 0 Å². The molecule has 2 N–H and O–H groups in total. The number of rotatable bonds is 3. The highest BCUT2D eigenvalue weighted by molar-refractivity contribution is 7.13. The summed E-state index contributed by atoms with van der Waals surface area (Å²) in [6.45, 7) is 4.50. The predicted molar refractivity (Wildman–Crippen MR) is 56.9 cm³/mol. The molecule has 0 fully saturated rings. The standard InChI is InChI=1S/C9H12N2O3S/c1-5-4-15-8(10-5)11-6(12)9(2,3)7(13)14/h4H,1-3H3,(H,13,14)(H,10,11,12). The Bertz CT molecular complexity index is 398. The van der Waals surface area contributed by atoms with Crippen LogP contribution in [0.15, 0.2) is 5.38 Å². The van der Waals surface area contributed by atoms with Crippen molar-refractivity contribution in [3.8, 4) is 0 Å². The lowest BCUT2D eigenvalue weighted by Gasteiger charge is -2.16. The van der Waals surface area contributed by atoms with Crippen molar-refractivity contribution in [3.63, 3.8) is 0 Å². The number of hydrogen-bond acceptors (Lipinski definition) is 4. The van der Waals surface area contributed by atoms with Crippen molar-refractivity contribution in [3.05, 3.63) is 11.1 Å². The van der Waals surface area contributed by atoms with Gasteiger partial charge in [0.25, 0.3) is 0 Å². The van der Waals surface area contributed by atoms with Crippen molar-refractivity contribution in [2.24, 2.45) is 5.41 Å². The van der Waals surface area contributed by atoms with Crippen molar-refractivity contribution in [1.82, 2.24) is 4.98 Å². The van der Waals surface area contributed by atoms with Gasteiger partial charge >= 0.3 is 5.97 Å². The monoisotopic (exact) mass is 228 g/mol. The molecule has 15 heavy (non-hydrogen) atoms. The van der Waals surface area contributed by atoms with E-state index in [2.05, 4.69) is 10.3 Å². The molecule has 1 heterocycles. The Morgan fingerprint density at radius 3 is 2.53 bits per heavy atom. The van der Waals surface area contributed by atoms with E-state index in [4.69, 9.17) is 5.11 Å². The van der Waals surface area contributed by atoms with Crippen LogP contribution in [0, 0.1) is 12.3 Å². The highest BCUT2D eigenvalue weighted by Gasteiger charge is 2.36. The van der Waals surface area contributed by atoms with Gasteiger partial charge in [0.2, 0.25) is 5.91 Å². The average Bonchev–Trinajstić information content (AvgIpc) is 2.50. The molecule has 6 heteroatoms. The summed E-state index contributed by atoms with van der Waals surface area (Å²) in [4.78, 5) is 26.4. The summed E-state index contributed by atoms with van der Waals surface area (Å²) in [5.41, 5.74) is -0.650. The van der Waals surface area contributed by atoms with E-state index in [9.17, 15) is 9.59 Å². The molecule has 0 atom stereocenters. The van der Waals surface area contributed by atoms with E-state index in [0.29, 0.717) is 5.13 Å². The Morgan fingerprint density at radius 2 is 2.13 bits per heavy atom. The number of carboxylic acids is 1. The Labute approximate surface area is 91.1 Å². The van der Waals surface area contributed by atoms with Crippen LogP contribution in [0.4, 0.5) is 5.13 Å². The van der Waals surface area contributed by atoms with E-state index < -0.39 is 17.3 Å². The Kier molecular flexibility index (Phi) is 3.09. The molecule has 0 aliphatic rings. The van der Waals surface area contributed by atoms with Gasteiger partial charge in [-0.1, -0.05) is 0 Å². The summed E-state index contributed by atoms with van der Waals surface area (Å²) < 4.78 is 0. The topological polar surface area (TPSA) is 79.3 Å². The van der Waals surface area contributed by atoms with Gasteiger partial charge in [-0.05, 0) is 20.8 Å². The number of carboxylic acid groups (broad SMARTS) is 1. The van der Waals surface area contributed by atoms with Crippen LogP contribution in [-0.4, -0.2) is 22.0 Å². The first-order chi connectivity index (χ1) is 6.84. The second kappa shape index (κ2) is 3.98. The van der Waals surface area contributed by atoms with Gasteiger partial charge in [-0.3, -0.25) is 9.59 Å². The lowest BCUT2D eigenvalue weighted by Crippen LogP contribution is -2.37. The quantitative estimate of drug-likeness (QED) is 0.768. The summed E-state index contributed by atoms with van der Waals surface area (Å²) in [6, 6.07) is 0. The van der Waals surface area contributed by atoms with Crippen LogP contribution in [-0.2, 0) is 9.59 Å². The third-order valence-electron chi connectivity index (χ3n) is 1.94. The first kappa shape index (κ1) is 11.6. The minimum atomic E-state index is -1.44. The molecule has 0 aliphatic heterocycles. The average molecular weight is 228 g/mol. The smallest absolute Gasteiger partial charge is 0.318 e. The molecule has 0 aliphatic carbocycles. The zero-order chi connectivity index (χ0) is 11.6. The molecule has 82 valence electrons. The minimum absolute atomic E-state index is 0.423. The van der Waals surface area contributed by atoms with Crippen molar-refractivity contribution in [2.45, 2.75) is 20.8 Å². The number of thiazole rings is 1. The normalized spacial score (nSPS) is 11.1. The van der Waals surface area contributed by atoms with Crippen LogP contribution in [0.3, 0.4) is 0 Å². The largest absolute Gasteiger partial charge is 0.480 e. The summed E-state index contributed by atoms with van der Waals surface area (Å²) in [5, 5.41) is 13.5. The second-order valence-electron chi connectivity index (χ2n) is 3.68. The fraction of sp³-hybridized carbons (Fsp3) is 0.444. The highest BCUT2D eigenvalue weighted by Crippen LogP contribution is 2.21. The minimum Gasteiger partial charge on any atom is -0.480 e. The van der Waals surface area contributed by atoms with E-state index in [-0.39, 0.29) is 0 Å². The number of nitrogens with zero attached hydrogens (tertiary/aromatic N) is 1. The van der Waals surface area contributed by atoms with Crippen LogP contribution >= 0.6 is 11.3 Å². The zero-order valence-corrected chi connectivity index (χ0v) is 9.51. The molecule has 0 saturated carbocycles.